The first-order chi connectivity index (χ1) is 27.6. The average Bonchev–Trinajstić information content (AvgIpc) is 3.20. The molecule has 0 saturated heterocycles. The van der Waals surface area contributed by atoms with E-state index in [4.69, 9.17) is 165 Å². The Kier molecular flexibility index (Phi) is 10.2. The van der Waals surface area contributed by atoms with Gasteiger partial charge < -0.3 is 0 Å². The highest BCUT2D eigenvalue weighted by atomic mass is 14.3. The quantitative estimate of drug-likeness (QED) is 0.0965. The van der Waals surface area contributed by atoms with E-state index in [1.54, 1.807) is 18.2 Å². The SMILES string of the molecule is [B]c1cc2c(-c3c([B])c([B])c([B])c([B])c3[B])c3c([B])c([B])c([B])c([B])c3c(-c3cc4c(c([B])c3[B])c3cc([B])c([B])c([B])c3c3c([B])c([B])c([B])c([B])c43)c2c([B])c1[B]. The summed E-state index contributed by atoms with van der Waals surface area (Å²) in [5.74, 6) is 0. The van der Waals surface area contributed by atoms with Crippen molar-refractivity contribution in [3.63, 3.8) is 0 Å². The molecule has 21 heteroatoms. The Balaban J connectivity index is 1.75. The monoisotopic (exact) mass is 690 g/mol. The minimum Gasteiger partial charge on any atom is -0.112 e. The summed E-state index contributed by atoms with van der Waals surface area (Å²) in [7, 11) is 140. The Morgan fingerprint density at radius 2 is 0.508 bits per heavy atom. The van der Waals surface area contributed by atoms with Crippen molar-refractivity contribution in [2.45, 2.75) is 0 Å². The summed E-state index contributed by atoms with van der Waals surface area (Å²) in [5, 5.41) is 3.04. The largest absolute Gasteiger partial charge is 0.113 e. The van der Waals surface area contributed by atoms with Crippen molar-refractivity contribution >= 4 is 333 Å². The highest BCUT2D eigenvalue weighted by Crippen LogP contribution is 2.41. The van der Waals surface area contributed by atoms with Crippen molar-refractivity contribution < 1.29 is 0 Å². The van der Waals surface area contributed by atoms with Crippen LogP contribution in [0.5, 0.6) is 0 Å². The fourth-order valence-corrected chi connectivity index (χ4v) is 8.45. The van der Waals surface area contributed by atoms with Gasteiger partial charge in [0.25, 0.3) is 0 Å². The molecule has 0 nitrogen and oxygen atoms in total. The molecule has 0 heterocycles. The molecule has 0 aliphatic heterocycles. The lowest BCUT2D eigenvalue weighted by atomic mass is 9.57. The lowest BCUT2D eigenvalue weighted by Crippen LogP contribution is -2.55. The molecule has 8 rings (SSSR count). The molecule has 0 bridgehead atoms. The fraction of sp³-hybridized carbons (Fsp3) is 0. The summed E-state index contributed by atoms with van der Waals surface area (Å²) in [6.07, 6.45) is 0. The molecular formula is C38H3B21. The first-order valence-corrected chi connectivity index (χ1v) is 17.5. The van der Waals surface area contributed by atoms with Crippen LogP contribution >= 0.6 is 0 Å². The molecule has 0 unspecified atom stereocenters. The Hall–Kier alpha value is -3.58. The predicted molar refractivity (Wildman–Crippen MR) is 278 cm³/mol. The van der Waals surface area contributed by atoms with Crippen molar-refractivity contribution in [3.05, 3.63) is 18.2 Å². The van der Waals surface area contributed by atoms with Crippen LogP contribution in [0.4, 0.5) is 0 Å². The zero-order valence-corrected chi connectivity index (χ0v) is 31.4. The Morgan fingerprint density at radius 1 is 0.186 bits per heavy atom. The maximum absolute atomic E-state index is 7.13. The second-order valence-corrected chi connectivity index (χ2v) is 14.6. The first kappa shape index (κ1) is 42.1. The third-order valence-electron chi connectivity index (χ3n) is 11.6. The first-order valence-electron chi connectivity index (χ1n) is 17.5. The van der Waals surface area contributed by atoms with Crippen LogP contribution in [-0.4, -0.2) is 165 Å². The van der Waals surface area contributed by atoms with E-state index in [0.717, 1.165) is 0 Å². The van der Waals surface area contributed by atoms with Crippen LogP contribution in [0.15, 0.2) is 18.2 Å². The molecule has 42 radical (unpaired) electrons. The molecular weight excluding hydrogens is 683 g/mol. The van der Waals surface area contributed by atoms with E-state index in [1.165, 1.54) is 0 Å². The smallest absolute Gasteiger partial charge is 0.112 e. The molecule has 0 fully saturated rings. The highest BCUT2D eigenvalue weighted by molar-refractivity contribution is 6.74. The van der Waals surface area contributed by atoms with Gasteiger partial charge in [-0.15, -0.1) is 60.1 Å². The van der Waals surface area contributed by atoms with Crippen LogP contribution in [0.2, 0.25) is 0 Å². The second kappa shape index (κ2) is 14.2. The van der Waals surface area contributed by atoms with Gasteiger partial charge in [0, 0.05) is 0 Å². The maximum atomic E-state index is 7.13. The molecule has 0 N–H and O–H groups in total. The summed E-state index contributed by atoms with van der Waals surface area (Å²) in [4.78, 5) is 0. The van der Waals surface area contributed by atoms with Crippen LogP contribution in [-0.2, 0) is 0 Å². The third kappa shape index (κ3) is 5.53. The van der Waals surface area contributed by atoms with Crippen molar-refractivity contribution in [1.29, 1.82) is 0 Å². The van der Waals surface area contributed by atoms with Crippen LogP contribution in [0.25, 0.3) is 76.1 Å². The summed E-state index contributed by atoms with van der Waals surface area (Å²) in [6, 6.07) is 4.84. The Morgan fingerprint density at radius 3 is 1.00 bits per heavy atom. The maximum Gasteiger partial charge on any atom is 0.113 e. The van der Waals surface area contributed by atoms with Gasteiger partial charge in [-0.3, -0.25) is 0 Å². The summed E-state index contributed by atoms with van der Waals surface area (Å²) < 4.78 is 0. The van der Waals surface area contributed by atoms with Gasteiger partial charge in [-0.25, -0.2) is 0 Å². The van der Waals surface area contributed by atoms with Crippen molar-refractivity contribution in [3.8, 4) is 22.3 Å². The van der Waals surface area contributed by atoms with Crippen LogP contribution in [0.3, 0.4) is 0 Å². The normalized spacial score (nSPS) is 11.8. The van der Waals surface area contributed by atoms with Crippen LogP contribution in [0, 0.1) is 0 Å². The zero-order chi connectivity index (χ0) is 43.3. The van der Waals surface area contributed by atoms with E-state index in [9.17, 15) is 0 Å². The molecule has 0 spiro atoms. The molecule has 0 atom stereocenters. The molecule has 0 amide bonds. The predicted octanol–water partition coefficient (Wildman–Crippen LogP) is -14.5. The number of fused-ring (bicyclic) bond motifs is 8. The molecule has 218 valence electrons. The molecule has 0 aliphatic carbocycles. The van der Waals surface area contributed by atoms with Crippen LogP contribution < -0.4 is 115 Å². The van der Waals surface area contributed by atoms with E-state index < -0.39 is 0 Å². The highest BCUT2D eigenvalue weighted by Gasteiger charge is 2.28. The van der Waals surface area contributed by atoms with Crippen molar-refractivity contribution in [1.82, 2.24) is 0 Å². The van der Waals surface area contributed by atoms with Crippen molar-refractivity contribution in [2.75, 3.05) is 0 Å². The molecule has 8 aromatic carbocycles. The number of benzene rings is 8. The van der Waals surface area contributed by atoms with E-state index in [-0.39, 0.29) is 159 Å². The zero-order valence-electron chi connectivity index (χ0n) is 31.4. The van der Waals surface area contributed by atoms with Gasteiger partial charge in [0.05, 0.1) is 0 Å². The molecule has 8 aromatic rings. The van der Waals surface area contributed by atoms with Gasteiger partial charge in [-0.1, -0.05) is 66.8 Å². The minimum absolute atomic E-state index is 0.000168. The Bertz CT molecular complexity index is 3310. The fourth-order valence-electron chi connectivity index (χ4n) is 8.45. The number of rotatable bonds is 2. The van der Waals surface area contributed by atoms with E-state index in [0.29, 0.717) is 32.3 Å². The number of hydrogen-bond donors (Lipinski definition) is 0. The lowest BCUT2D eigenvalue weighted by Gasteiger charge is -2.31. The molecule has 0 saturated carbocycles. The van der Waals surface area contributed by atoms with Gasteiger partial charge in [-0.2, -0.15) is 0 Å². The minimum atomic E-state index is -0.0756. The van der Waals surface area contributed by atoms with Gasteiger partial charge in [0.2, 0.25) is 0 Å². The molecule has 0 aromatic heterocycles. The van der Waals surface area contributed by atoms with E-state index in [1.807, 2.05) is 0 Å². The summed E-state index contributed by atoms with van der Waals surface area (Å²) in [5.41, 5.74) is 0.871. The van der Waals surface area contributed by atoms with Gasteiger partial charge in [0.1, 0.15) is 165 Å². The van der Waals surface area contributed by atoms with E-state index >= 15 is 0 Å². The standard InChI is InChI=1S/C38H3B21/c39-8-2-5-10-4(14-18(15(5)25(46)22(8)43)29(50)35(56)32(53)26(14)47)1-7(20(41)23(10)44)12-13-6(3-9(40)21(42)24(13)45)11(16-17(12)28(49)34(55)33(54)27(16)48)19-30(51)36(57)38(59)37(58)31(19)52/h1-3H. The number of hydrogen-bond acceptors (Lipinski definition) is 0. The van der Waals surface area contributed by atoms with Crippen LogP contribution in [0.1, 0.15) is 0 Å². The summed E-state index contributed by atoms with van der Waals surface area (Å²) in [6.45, 7) is 0. The molecule has 0 aliphatic rings. The third-order valence-corrected chi connectivity index (χ3v) is 11.6. The average molecular weight is 686 g/mol. The summed E-state index contributed by atoms with van der Waals surface area (Å²) >= 11 is 0. The second-order valence-electron chi connectivity index (χ2n) is 14.6. The van der Waals surface area contributed by atoms with Gasteiger partial charge >= 0.3 is 0 Å². The van der Waals surface area contributed by atoms with Gasteiger partial charge in [-0.05, 0) is 82.2 Å². The topological polar surface area (TPSA) is 0 Å². The van der Waals surface area contributed by atoms with Crippen molar-refractivity contribution in [2.24, 2.45) is 0 Å². The Labute approximate surface area is 371 Å². The lowest BCUT2D eigenvalue weighted by molar-refractivity contribution is 1.82. The van der Waals surface area contributed by atoms with E-state index in [2.05, 4.69) is 0 Å². The van der Waals surface area contributed by atoms with Gasteiger partial charge in [0.15, 0.2) is 0 Å². The molecule has 59 heavy (non-hydrogen) atoms.